The molecule has 0 radical (unpaired) electrons. The molecule has 1 fully saturated rings. The van der Waals surface area contributed by atoms with Crippen LogP contribution in [0.25, 0.3) is 22.7 Å². The Hall–Kier alpha value is -2.79. The summed E-state index contributed by atoms with van der Waals surface area (Å²) in [4.78, 5) is 10.5. The summed E-state index contributed by atoms with van der Waals surface area (Å²) in [6.07, 6.45) is 2.18. The number of benzene rings is 2. The molecule has 2 aliphatic heterocycles. The molecule has 0 atom stereocenters. The number of H-pyrrole nitrogens is 1. The first-order valence-corrected chi connectivity index (χ1v) is 8.75. The molecule has 2 N–H and O–H groups in total. The van der Waals surface area contributed by atoms with Crippen LogP contribution >= 0.6 is 0 Å². The third-order valence-electron chi connectivity index (χ3n) is 4.89. The predicted octanol–water partition coefficient (Wildman–Crippen LogP) is 2.91. The van der Waals surface area contributed by atoms with Gasteiger partial charge in [0.05, 0.1) is 11.0 Å². The lowest BCUT2D eigenvalue weighted by molar-refractivity contribution is 0.365. The highest BCUT2D eigenvalue weighted by molar-refractivity contribution is 5.87. The molecule has 25 heavy (non-hydrogen) atoms. The lowest BCUT2D eigenvalue weighted by atomic mass is 10.1. The number of nitrogens with zero attached hydrogens (tertiary/aromatic N) is 2. The van der Waals surface area contributed by atoms with Crippen molar-refractivity contribution < 1.29 is 4.74 Å². The molecule has 3 heterocycles. The number of nitrogens with one attached hydrogen (secondary N) is 2. The highest BCUT2D eigenvalue weighted by Crippen LogP contribution is 2.33. The van der Waals surface area contributed by atoms with Crippen LogP contribution in [-0.4, -0.2) is 42.8 Å². The van der Waals surface area contributed by atoms with Crippen LogP contribution in [0.1, 0.15) is 11.4 Å². The number of rotatable bonds is 2. The van der Waals surface area contributed by atoms with E-state index < -0.39 is 0 Å². The summed E-state index contributed by atoms with van der Waals surface area (Å²) in [6, 6.07) is 14.6. The topological polar surface area (TPSA) is 53.2 Å². The molecule has 0 unspecified atom stereocenters. The van der Waals surface area contributed by atoms with Gasteiger partial charge < -0.3 is 19.9 Å². The molecule has 1 saturated heterocycles. The molecule has 126 valence electrons. The third-order valence-corrected chi connectivity index (χ3v) is 4.89. The molecule has 0 saturated carbocycles. The van der Waals surface area contributed by atoms with Gasteiger partial charge in [-0.3, -0.25) is 0 Å². The molecule has 5 nitrogen and oxygen atoms in total. The number of ether oxygens (including phenoxy) is 1. The summed E-state index contributed by atoms with van der Waals surface area (Å²) in [5.41, 5.74) is 5.47. The maximum atomic E-state index is 6.05. The summed E-state index contributed by atoms with van der Waals surface area (Å²) in [6.45, 7) is 4.69. The third kappa shape index (κ3) is 2.66. The quantitative estimate of drug-likeness (QED) is 0.758. The second kappa shape index (κ2) is 5.93. The fourth-order valence-electron chi connectivity index (χ4n) is 3.51. The standard InChI is InChI=1S/C20H20N4O/c1-2-4-18-17(3-1)22-20(23-18)15-11-14-5-6-16(12-19(14)25-13-15)24-9-7-21-8-10-24/h1-6,11-12,21H,7-10,13H2,(H,22,23). The number of hydrogen-bond acceptors (Lipinski definition) is 4. The molecule has 2 aromatic carbocycles. The van der Waals surface area contributed by atoms with Gasteiger partial charge in [0.1, 0.15) is 18.2 Å². The number of piperazine rings is 1. The molecule has 0 spiro atoms. The Labute approximate surface area is 146 Å². The lowest BCUT2D eigenvalue weighted by Crippen LogP contribution is -2.43. The number of fused-ring (bicyclic) bond motifs is 2. The van der Waals surface area contributed by atoms with Gasteiger partial charge in [-0.2, -0.15) is 0 Å². The average molecular weight is 332 g/mol. The monoisotopic (exact) mass is 332 g/mol. The number of aromatic amines is 1. The van der Waals surface area contributed by atoms with Crippen LogP contribution in [0.2, 0.25) is 0 Å². The van der Waals surface area contributed by atoms with Crippen molar-refractivity contribution in [3.8, 4) is 5.75 Å². The molecule has 5 heteroatoms. The van der Waals surface area contributed by atoms with Crippen molar-refractivity contribution in [1.82, 2.24) is 15.3 Å². The largest absolute Gasteiger partial charge is 0.488 e. The number of anilines is 1. The minimum Gasteiger partial charge on any atom is -0.488 e. The van der Waals surface area contributed by atoms with Gasteiger partial charge in [0.2, 0.25) is 0 Å². The van der Waals surface area contributed by atoms with E-state index in [0.29, 0.717) is 6.61 Å². The summed E-state index contributed by atoms with van der Waals surface area (Å²) in [5.74, 6) is 1.84. The molecule has 5 rings (SSSR count). The Kier molecular flexibility index (Phi) is 3.45. The normalized spacial score (nSPS) is 17.1. The number of hydrogen-bond donors (Lipinski definition) is 2. The number of para-hydroxylation sites is 2. The van der Waals surface area contributed by atoms with E-state index in [0.717, 1.165) is 59.9 Å². The Balaban J connectivity index is 1.47. The van der Waals surface area contributed by atoms with Crippen LogP contribution in [0.3, 0.4) is 0 Å². The minimum atomic E-state index is 0.540. The van der Waals surface area contributed by atoms with Crippen molar-refractivity contribution in [3.05, 3.63) is 53.9 Å². The van der Waals surface area contributed by atoms with E-state index in [1.807, 2.05) is 24.3 Å². The van der Waals surface area contributed by atoms with Gasteiger partial charge in [-0.15, -0.1) is 0 Å². The van der Waals surface area contributed by atoms with Gasteiger partial charge in [0.15, 0.2) is 0 Å². The summed E-state index contributed by atoms with van der Waals surface area (Å²) in [7, 11) is 0. The second-order valence-electron chi connectivity index (χ2n) is 6.52. The molecule has 3 aromatic rings. The van der Waals surface area contributed by atoms with Crippen LogP contribution in [0.4, 0.5) is 5.69 Å². The summed E-state index contributed by atoms with van der Waals surface area (Å²) in [5, 5.41) is 3.39. The van der Waals surface area contributed by atoms with Crippen LogP contribution in [0.5, 0.6) is 5.75 Å². The van der Waals surface area contributed by atoms with Gasteiger partial charge in [-0.25, -0.2) is 4.98 Å². The molecule has 1 aromatic heterocycles. The maximum Gasteiger partial charge on any atom is 0.137 e. The smallest absolute Gasteiger partial charge is 0.137 e. The first-order chi connectivity index (χ1) is 12.4. The van der Waals surface area contributed by atoms with Crippen molar-refractivity contribution in [2.24, 2.45) is 0 Å². The summed E-state index contributed by atoms with van der Waals surface area (Å²) < 4.78 is 6.05. The van der Waals surface area contributed by atoms with Gasteiger partial charge in [0.25, 0.3) is 0 Å². The Morgan fingerprint density at radius 1 is 1.04 bits per heavy atom. The molecule has 0 amide bonds. The van der Waals surface area contributed by atoms with E-state index in [4.69, 9.17) is 4.74 Å². The molecule has 0 bridgehead atoms. The average Bonchev–Trinajstić information content (AvgIpc) is 3.12. The van der Waals surface area contributed by atoms with Gasteiger partial charge in [-0.1, -0.05) is 12.1 Å². The van der Waals surface area contributed by atoms with Crippen molar-refractivity contribution in [2.45, 2.75) is 0 Å². The predicted molar refractivity (Wildman–Crippen MR) is 101 cm³/mol. The maximum absolute atomic E-state index is 6.05. The molecular weight excluding hydrogens is 312 g/mol. The highest BCUT2D eigenvalue weighted by Gasteiger charge is 2.18. The molecular formula is C20H20N4O. The van der Waals surface area contributed by atoms with E-state index in [-0.39, 0.29) is 0 Å². The van der Waals surface area contributed by atoms with Crippen LogP contribution < -0.4 is 15.0 Å². The molecule has 0 aliphatic carbocycles. The number of aromatic nitrogens is 2. The van der Waals surface area contributed by atoms with Crippen LogP contribution in [0.15, 0.2) is 42.5 Å². The second-order valence-corrected chi connectivity index (χ2v) is 6.52. The van der Waals surface area contributed by atoms with Gasteiger partial charge in [-0.05, 0) is 30.3 Å². The molecule has 2 aliphatic rings. The van der Waals surface area contributed by atoms with E-state index in [1.54, 1.807) is 0 Å². The zero-order valence-corrected chi connectivity index (χ0v) is 14.0. The van der Waals surface area contributed by atoms with Crippen molar-refractivity contribution >= 4 is 28.4 Å². The van der Waals surface area contributed by atoms with Gasteiger partial charge >= 0.3 is 0 Å². The summed E-state index contributed by atoms with van der Waals surface area (Å²) >= 11 is 0. The fraction of sp³-hybridized carbons (Fsp3) is 0.250. The first-order valence-electron chi connectivity index (χ1n) is 8.75. The van der Waals surface area contributed by atoms with Crippen molar-refractivity contribution in [3.63, 3.8) is 0 Å². The zero-order chi connectivity index (χ0) is 16.6. The van der Waals surface area contributed by atoms with Gasteiger partial charge in [0, 0.05) is 49.1 Å². The minimum absolute atomic E-state index is 0.540. The van der Waals surface area contributed by atoms with Crippen molar-refractivity contribution in [2.75, 3.05) is 37.7 Å². The van der Waals surface area contributed by atoms with E-state index in [9.17, 15) is 0 Å². The van der Waals surface area contributed by atoms with E-state index in [2.05, 4.69) is 44.5 Å². The van der Waals surface area contributed by atoms with E-state index >= 15 is 0 Å². The lowest BCUT2D eigenvalue weighted by Gasteiger charge is -2.30. The Morgan fingerprint density at radius 2 is 1.92 bits per heavy atom. The Morgan fingerprint density at radius 3 is 2.80 bits per heavy atom. The number of imidazole rings is 1. The van der Waals surface area contributed by atoms with Crippen LogP contribution in [0, 0.1) is 0 Å². The highest BCUT2D eigenvalue weighted by atomic mass is 16.5. The van der Waals surface area contributed by atoms with E-state index in [1.165, 1.54) is 5.69 Å². The fourth-order valence-corrected chi connectivity index (χ4v) is 3.51. The SMILES string of the molecule is C1=C(c2nc3ccccc3[nH]2)COc2cc(N3CCNCC3)ccc21. The van der Waals surface area contributed by atoms with Crippen molar-refractivity contribution in [1.29, 1.82) is 0 Å². The zero-order valence-electron chi connectivity index (χ0n) is 14.0. The first kappa shape index (κ1) is 14.5. The van der Waals surface area contributed by atoms with Crippen LogP contribution in [-0.2, 0) is 0 Å². The Bertz CT molecular complexity index is 920.